The van der Waals surface area contributed by atoms with E-state index in [2.05, 4.69) is 6.26 Å². The number of thioether (sulfide) groups is 1. The minimum absolute atomic E-state index is 0.112. The number of piperidine rings is 1. The molecule has 2 aliphatic heterocycles. The molecule has 2 saturated heterocycles. The zero-order valence-electron chi connectivity index (χ0n) is 11.3. The molecule has 2 unspecified atom stereocenters. The van der Waals surface area contributed by atoms with Crippen LogP contribution < -0.4 is 0 Å². The van der Waals surface area contributed by atoms with Gasteiger partial charge in [-0.05, 0) is 56.2 Å². The van der Waals surface area contributed by atoms with Crippen molar-refractivity contribution in [3.63, 3.8) is 0 Å². The molecular weight excluding hydrogens is 297 g/mol. The van der Waals surface area contributed by atoms with Crippen LogP contribution in [0.2, 0.25) is 0 Å². The number of sulfonamides is 1. The molecule has 6 heteroatoms. The van der Waals surface area contributed by atoms with E-state index in [0.29, 0.717) is 5.25 Å². The summed E-state index contributed by atoms with van der Waals surface area (Å²) in [6.07, 6.45) is 5.84. The molecule has 1 aromatic carbocycles. The van der Waals surface area contributed by atoms with Gasteiger partial charge < -0.3 is 0 Å². The van der Waals surface area contributed by atoms with Gasteiger partial charge in [0, 0.05) is 17.3 Å². The maximum atomic E-state index is 13.0. The van der Waals surface area contributed by atoms with Crippen LogP contribution in [0, 0.1) is 5.82 Å². The van der Waals surface area contributed by atoms with E-state index in [1.807, 2.05) is 11.8 Å². The van der Waals surface area contributed by atoms with Crippen molar-refractivity contribution >= 4 is 21.8 Å². The van der Waals surface area contributed by atoms with Crippen molar-refractivity contribution in [3.8, 4) is 0 Å². The zero-order chi connectivity index (χ0) is 14.3. The molecule has 2 atom stereocenters. The molecule has 3 nitrogen and oxygen atoms in total. The highest BCUT2D eigenvalue weighted by molar-refractivity contribution is 7.99. The highest BCUT2D eigenvalue weighted by Gasteiger charge is 2.46. The predicted octanol–water partition coefficient (Wildman–Crippen LogP) is 2.87. The molecule has 0 aromatic heterocycles. The number of hydrogen-bond acceptors (Lipinski definition) is 3. The number of fused-ring (bicyclic) bond motifs is 2. The van der Waals surface area contributed by atoms with Gasteiger partial charge in [0.25, 0.3) is 0 Å². The summed E-state index contributed by atoms with van der Waals surface area (Å²) in [5.41, 5.74) is 0. The van der Waals surface area contributed by atoms with Gasteiger partial charge in [0.2, 0.25) is 10.0 Å². The summed E-state index contributed by atoms with van der Waals surface area (Å²) in [6.45, 7) is 0. The average Bonchev–Trinajstić information content (AvgIpc) is 2.71. The molecule has 0 amide bonds. The van der Waals surface area contributed by atoms with Crippen LogP contribution in [0.4, 0.5) is 4.39 Å². The molecular formula is C14H18FNO2S2. The molecule has 2 heterocycles. The van der Waals surface area contributed by atoms with Crippen LogP contribution in [0.1, 0.15) is 25.7 Å². The van der Waals surface area contributed by atoms with E-state index in [-0.39, 0.29) is 17.0 Å². The van der Waals surface area contributed by atoms with Gasteiger partial charge in [-0.25, -0.2) is 12.8 Å². The second-order valence-electron chi connectivity index (χ2n) is 5.50. The third kappa shape index (κ3) is 2.38. The molecule has 0 N–H and O–H groups in total. The molecule has 1 aromatic rings. The average molecular weight is 315 g/mol. The van der Waals surface area contributed by atoms with E-state index < -0.39 is 15.8 Å². The lowest BCUT2D eigenvalue weighted by Crippen LogP contribution is -2.47. The number of hydrogen-bond donors (Lipinski definition) is 0. The van der Waals surface area contributed by atoms with Gasteiger partial charge in [-0.15, -0.1) is 0 Å². The Balaban J connectivity index is 1.91. The first-order valence-electron chi connectivity index (χ1n) is 6.84. The molecule has 0 aliphatic carbocycles. The fraction of sp³-hybridized carbons (Fsp3) is 0.571. The van der Waals surface area contributed by atoms with Gasteiger partial charge in [0.05, 0.1) is 4.90 Å². The second kappa shape index (κ2) is 5.31. The quantitative estimate of drug-likeness (QED) is 0.861. The van der Waals surface area contributed by atoms with E-state index in [1.165, 1.54) is 24.3 Å². The molecule has 0 saturated carbocycles. The summed E-state index contributed by atoms with van der Waals surface area (Å²) in [4.78, 5) is 0.207. The van der Waals surface area contributed by atoms with Crippen LogP contribution in [0.15, 0.2) is 29.2 Å². The van der Waals surface area contributed by atoms with E-state index in [0.717, 1.165) is 25.7 Å². The fourth-order valence-electron chi connectivity index (χ4n) is 3.40. The van der Waals surface area contributed by atoms with E-state index in [1.54, 1.807) is 4.31 Å². The van der Waals surface area contributed by atoms with E-state index in [9.17, 15) is 12.8 Å². The Kier molecular flexibility index (Phi) is 3.81. The first-order chi connectivity index (χ1) is 9.52. The van der Waals surface area contributed by atoms with Crippen molar-refractivity contribution in [1.82, 2.24) is 4.31 Å². The van der Waals surface area contributed by atoms with Crippen molar-refractivity contribution in [2.45, 2.75) is 47.9 Å². The molecule has 20 heavy (non-hydrogen) atoms. The lowest BCUT2D eigenvalue weighted by molar-refractivity contribution is 0.253. The second-order valence-corrected chi connectivity index (χ2v) is 8.48. The number of rotatable bonds is 3. The molecule has 3 rings (SSSR count). The SMILES string of the molecule is CSC1CC2CCC(C1)N2S(=O)(=O)c1ccc(F)cc1. The zero-order valence-corrected chi connectivity index (χ0v) is 13.0. The summed E-state index contributed by atoms with van der Waals surface area (Å²) in [5.74, 6) is -0.409. The van der Waals surface area contributed by atoms with Crippen LogP contribution in [0.25, 0.3) is 0 Å². The van der Waals surface area contributed by atoms with Crippen LogP contribution in [0.3, 0.4) is 0 Å². The van der Waals surface area contributed by atoms with Crippen molar-refractivity contribution in [2.24, 2.45) is 0 Å². The molecule has 2 bridgehead atoms. The Hall–Kier alpha value is -0.590. The van der Waals surface area contributed by atoms with Crippen LogP contribution in [0.5, 0.6) is 0 Å². The van der Waals surface area contributed by atoms with Crippen molar-refractivity contribution < 1.29 is 12.8 Å². The molecule has 2 fully saturated rings. The van der Waals surface area contributed by atoms with Crippen molar-refractivity contribution in [2.75, 3.05) is 6.26 Å². The standard InChI is InChI=1S/C14H18FNO2S2/c1-19-13-8-11-4-5-12(9-13)16(11)20(17,18)14-6-2-10(15)3-7-14/h2-3,6-7,11-13H,4-5,8-9H2,1H3. The topological polar surface area (TPSA) is 37.4 Å². The fourth-order valence-corrected chi connectivity index (χ4v) is 6.12. The first kappa shape index (κ1) is 14.4. The van der Waals surface area contributed by atoms with Crippen LogP contribution in [-0.4, -0.2) is 36.3 Å². The Morgan fingerprint density at radius 1 is 1.15 bits per heavy atom. The van der Waals surface area contributed by atoms with Crippen molar-refractivity contribution in [3.05, 3.63) is 30.1 Å². The van der Waals surface area contributed by atoms with Gasteiger partial charge in [-0.2, -0.15) is 16.1 Å². The van der Waals surface area contributed by atoms with E-state index >= 15 is 0 Å². The Bertz CT molecular complexity index is 574. The molecule has 110 valence electrons. The van der Waals surface area contributed by atoms with Gasteiger partial charge in [0.15, 0.2) is 0 Å². The van der Waals surface area contributed by atoms with Gasteiger partial charge in [-0.3, -0.25) is 0 Å². The largest absolute Gasteiger partial charge is 0.243 e. The molecule has 0 spiro atoms. The van der Waals surface area contributed by atoms with Gasteiger partial charge in [0.1, 0.15) is 5.82 Å². The maximum Gasteiger partial charge on any atom is 0.243 e. The Morgan fingerprint density at radius 2 is 1.70 bits per heavy atom. The van der Waals surface area contributed by atoms with Crippen molar-refractivity contribution in [1.29, 1.82) is 0 Å². The molecule has 0 radical (unpaired) electrons. The summed E-state index contributed by atoms with van der Waals surface area (Å²) in [5, 5.41) is 0.562. The Morgan fingerprint density at radius 3 is 2.20 bits per heavy atom. The first-order valence-corrected chi connectivity index (χ1v) is 9.57. The minimum atomic E-state index is -3.49. The summed E-state index contributed by atoms with van der Waals surface area (Å²) in [7, 11) is -3.49. The molecule has 2 aliphatic rings. The number of nitrogens with zero attached hydrogens (tertiary/aromatic N) is 1. The summed E-state index contributed by atoms with van der Waals surface area (Å²) < 4.78 is 40.2. The minimum Gasteiger partial charge on any atom is -0.207 e. The predicted molar refractivity (Wildman–Crippen MR) is 78.8 cm³/mol. The third-order valence-electron chi connectivity index (χ3n) is 4.35. The monoisotopic (exact) mass is 315 g/mol. The van der Waals surface area contributed by atoms with E-state index in [4.69, 9.17) is 0 Å². The number of benzene rings is 1. The normalized spacial score (nSPS) is 30.6. The highest BCUT2D eigenvalue weighted by atomic mass is 32.2. The Labute approximate surface area is 123 Å². The summed E-state index contributed by atoms with van der Waals surface area (Å²) in [6, 6.07) is 5.38. The number of halogens is 1. The lowest BCUT2D eigenvalue weighted by atomic mass is 10.1. The van der Waals surface area contributed by atoms with Crippen LogP contribution >= 0.6 is 11.8 Å². The van der Waals surface area contributed by atoms with Crippen LogP contribution in [-0.2, 0) is 10.0 Å². The smallest absolute Gasteiger partial charge is 0.207 e. The maximum absolute atomic E-state index is 13.0. The third-order valence-corrected chi connectivity index (χ3v) is 7.42. The summed E-state index contributed by atoms with van der Waals surface area (Å²) >= 11 is 1.83. The highest BCUT2D eigenvalue weighted by Crippen LogP contribution is 2.42. The lowest BCUT2D eigenvalue weighted by Gasteiger charge is -2.37. The van der Waals surface area contributed by atoms with Gasteiger partial charge in [-0.1, -0.05) is 0 Å². The van der Waals surface area contributed by atoms with Gasteiger partial charge >= 0.3 is 0 Å².